The molecule has 1 atom stereocenters. The summed E-state index contributed by atoms with van der Waals surface area (Å²) in [7, 11) is 0. The molecule has 0 radical (unpaired) electrons. The van der Waals surface area contributed by atoms with Crippen LogP contribution in [0.5, 0.6) is 0 Å². The van der Waals surface area contributed by atoms with Crippen molar-refractivity contribution in [1.82, 2.24) is 10.4 Å². The van der Waals surface area contributed by atoms with Gasteiger partial charge < -0.3 is 5.43 Å². The molecule has 0 spiro atoms. The molecule has 1 unspecified atom stereocenters. The van der Waals surface area contributed by atoms with Gasteiger partial charge in [-0.2, -0.15) is 5.10 Å². The van der Waals surface area contributed by atoms with Gasteiger partial charge in [-0.25, -0.2) is 0 Å². The van der Waals surface area contributed by atoms with Gasteiger partial charge in [-0.15, -0.1) is 0 Å². The Morgan fingerprint density at radius 1 is 1.50 bits per heavy atom. The van der Waals surface area contributed by atoms with E-state index in [1.54, 1.807) is 0 Å². The monoisotopic (exact) mass is 161 g/mol. The van der Waals surface area contributed by atoms with E-state index in [1.807, 2.05) is 31.3 Å². The van der Waals surface area contributed by atoms with Gasteiger partial charge in [0.2, 0.25) is 0 Å². The molecular formula is C9H11N3. The van der Waals surface area contributed by atoms with Gasteiger partial charge in [0.25, 0.3) is 0 Å². The average Bonchev–Trinajstić information content (AvgIpc) is 2.54. The fraction of sp³-hybridized carbons (Fsp3) is 0.333. The predicted molar refractivity (Wildman–Crippen MR) is 47.8 cm³/mol. The van der Waals surface area contributed by atoms with E-state index in [1.165, 1.54) is 0 Å². The third-order valence-corrected chi connectivity index (χ3v) is 1.96. The standard InChI is InChI=1S/C9H11N3/c1-7-6-9(12-11-7)8-4-2-3-5-10-8/h2-5,9,12H,6H2,1H3. The fourth-order valence-corrected chi connectivity index (χ4v) is 1.33. The van der Waals surface area contributed by atoms with E-state index in [2.05, 4.69) is 15.5 Å². The highest BCUT2D eigenvalue weighted by molar-refractivity contribution is 5.83. The average molecular weight is 161 g/mol. The van der Waals surface area contributed by atoms with Crippen molar-refractivity contribution in [2.45, 2.75) is 19.4 Å². The third-order valence-electron chi connectivity index (χ3n) is 1.96. The van der Waals surface area contributed by atoms with E-state index in [-0.39, 0.29) is 6.04 Å². The molecule has 1 aliphatic rings. The first kappa shape index (κ1) is 7.28. The Hall–Kier alpha value is -1.38. The van der Waals surface area contributed by atoms with Crippen molar-refractivity contribution in [3.63, 3.8) is 0 Å². The highest BCUT2D eigenvalue weighted by Gasteiger charge is 2.17. The van der Waals surface area contributed by atoms with E-state index in [0.29, 0.717) is 0 Å². The van der Waals surface area contributed by atoms with Crippen LogP contribution in [0.25, 0.3) is 0 Å². The molecule has 3 heteroatoms. The number of hydrogen-bond donors (Lipinski definition) is 1. The maximum atomic E-state index is 4.26. The predicted octanol–water partition coefficient (Wildman–Crippen LogP) is 1.49. The lowest BCUT2D eigenvalue weighted by molar-refractivity contribution is 0.603. The summed E-state index contributed by atoms with van der Waals surface area (Å²) in [6, 6.07) is 6.22. The van der Waals surface area contributed by atoms with Crippen molar-refractivity contribution in [1.29, 1.82) is 0 Å². The van der Waals surface area contributed by atoms with Crippen LogP contribution in [0.3, 0.4) is 0 Å². The fourth-order valence-electron chi connectivity index (χ4n) is 1.33. The molecule has 3 nitrogen and oxygen atoms in total. The number of aromatic nitrogens is 1. The molecule has 1 aromatic rings. The molecule has 0 aliphatic carbocycles. The van der Waals surface area contributed by atoms with Crippen LogP contribution in [0.4, 0.5) is 0 Å². The molecule has 0 saturated carbocycles. The molecular weight excluding hydrogens is 150 g/mol. The van der Waals surface area contributed by atoms with Gasteiger partial charge in [0, 0.05) is 18.3 Å². The molecule has 2 rings (SSSR count). The number of nitrogens with one attached hydrogen (secondary N) is 1. The van der Waals surface area contributed by atoms with Crippen molar-refractivity contribution in [2.75, 3.05) is 0 Å². The number of nitrogens with zero attached hydrogens (tertiary/aromatic N) is 2. The normalized spacial score (nSPS) is 21.8. The Morgan fingerprint density at radius 3 is 3.00 bits per heavy atom. The summed E-state index contributed by atoms with van der Waals surface area (Å²) < 4.78 is 0. The largest absolute Gasteiger partial charge is 0.301 e. The molecule has 1 N–H and O–H groups in total. The molecule has 12 heavy (non-hydrogen) atoms. The molecule has 2 heterocycles. The summed E-state index contributed by atoms with van der Waals surface area (Å²) in [6.07, 6.45) is 2.78. The molecule has 1 aliphatic heterocycles. The number of hydrogen-bond acceptors (Lipinski definition) is 3. The second kappa shape index (κ2) is 2.93. The molecule has 0 saturated heterocycles. The van der Waals surface area contributed by atoms with E-state index in [9.17, 15) is 0 Å². The number of hydrazone groups is 1. The van der Waals surface area contributed by atoms with Gasteiger partial charge in [-0.05, 0) is 19.1 Å². The Labute approximate surface area is 71.5 Å². The van der Waals surface area contributed by atoms with E-state index in [0.717, 1.165) is 17.8 Å². The highest BCUT2D eigenvalue weighted by Crippen LogP contribution is 2.18. The topological polar surface area (TPSA) is 37.3 Å². The lowest BCUT2D eigenvalue weighted by atomic mass is 10.1. The summed E-state index contributed by atoms with van der Waals surface area (Å²) >= 11 is 0. The van der Waals surface area contributed by atoms with Crippen molar-refractivity contribution in [3.8, 4) is 0 Å². The summed E-state index contributed by atoms with van der Waals surface area (Å²) in [5, 5.41) is 4.12. The second-order valence-corrected chi connectivity index (χ2v) is 2.99. The molecule has 1 aromatic heterocycles. The van der Waals surface area contributed by atoms with Gasteiger partial charge in [-0.1, -0.05) is 6.07 Å². The Kier molecular flexibility index (Phi) is 1.78. The highest BCUT2D eigenvalue weighted by atomic mass is 15.3. The zero-order valence-electron chi connectivity index (χ0n) is 6.99. The maximum absolute atomic E-state index is 4.26. The summed E-state index contributed by atoms with van der Waals surface area (Å²) in [5.74, 6) is 0. The van der Waals surface area contributed by atoms with Crippen LogP contribution >= 0.6 is 0 Å². The summed E-state index contributed by atoms with van der Waals surface area (Å²) in [6.45, 7) is 2.02. The number of pyridine rings is 1. The SMILES string of the molecule is CC1=NNC(c2ccccn2)C1. The van der Waals surface area contributed by atoms with Crippen LogP contribution in [0, 0.1) is 0 Å². The van der Waals surface area contributed by atoms with Crippen LogP contribution in [0.1, 0.15) is 25.1 Å². The molecule has 0 fully saturated rings. The molecule has 0 amide bonds. The first-order valence-electron chi connectivity index (χ1n) is 4.06. The lowest BCUT2D eigenvalue weighted by Crippen LogP contribution is -2.10. The first-order chi connectivity index (χ1) is 5.86. The smallest absolute Gasteiger partial charge is 0.0912 e. The van der Waals surface area contributed by atoms with Gasteiger partial charge in [0.1, 0.15) is 0 Å². The third kappa shape index (κ3) is 1.30. The van der Waals surface area contributed by atoms with Gasteiger partial charge in [0.05, 0.1) is 11.7 Å². The summed E-state index contributed by atoms with van der Waals surface area (Å²) in [4.78, 5) is 4.26. The molecule has 0 aromatic carbocycles. The van der Waals surface area contributed by atoms with Gasteiger partial charge in [-0.3, -0.25) is 4.98 Å². The van der Waals surface area contributed by atoms with Crippen molar-refractivity contribution in [3.05, 3.63) is 30.1 Å². The minimum absolute atomic E-state index is 0.284. The zero-order valence-corrected chi connectivity index (χ0v) is 6.99. The van der Waals surface area contributed by atoms with Crippen molar-refractivity contribution < 1.29 is 0 Å². The van der Waals surface area contributed by atoms with Crippen LogP contribution in [0.15, 0.2) is 29.5 Å². The lowest BCUT2D eigenvalue weighted by Gasteiger charge is -2.07. The van der Waals surface area contributed by atoms with Crippen LogP contribution in [-0.4, -0.2) is 10.7 Å². The van der Waals surface area contributed by atoms with E-state index >= 15 is 0 Å². The van der Waals surface area contributed by atoms with Crippen molar-refractivity contribution in [2.24, 2.45) is 5.10 Å². The zero-order chi connectivity index (χ0) is 8.39. The Balaban J connectivity index is 2.14. The minimum atomic E-state index is 0.284. The van der Waals surface area contributed by atoms with Crippen molar-refractivity contribution >= 4 is 5.71 Å². The van der Waals surface area contributed by atoms with Gasteiger partial charge in [0.15, 0.2) is 0 Å². The maximum Gasteiger partial charge on any atom is 0.0912 e. The Morgan fingerprint density at radius 2 is 2.42 bits per heavy atom. The number of rotatable bonds is 1. The van der Waals surface area contributed by atoms with Crippen LogP contribution in [0.2, 0.25) is 0 Å². The van der Waals surface area contributed by atoms with Gasteiger partial charge >= 0.3 is 0 Å². The van der Waals surface area contributed by atoms with Crippen LogP contribution in [-0.2, 0) is 0 Å². The van der Waals surface area contributed by atoms with Crippen LogP contribution < -0.4 is 5.43 Å². The van der Waals surface area contributed by atoms with E-state index in [4.69, 9.17) is 0 Å². The quantitative estimate of drug-likeness (QED) is 0.677. The second-order valence-electron chi connectivity index (χ2n) is 2.99. The molecule has 0 bridgehead atoms. The molecule has 62 valence electrons. The Bertz CT molecular complexity index is 292. The first-order valence-corrected chi connectivity index (χ1v) is 4.06. The van der Waals surface area contributed by atoms with E-state index < -0.39 is 0 Å². The minimum Gasteiger partial charge on any atom is -0.301 e. The summed E-state index contributed by atoms with van der Waals surface area (Å²) in [5.41, 5.74) is 5.26.